The Morgan fingerprint density at radius 3 is 3.21 bits per heavy atom. The molecular formula is C10H15NO3. The lowest BCUT2D eigenvalue weighted by atomic mass is 9.97. The second-order valence-electron chi connectivity index (χ2n) is 3.27. The Morgan fingerprint density at radius 2 is 2.50 bits per heavy atom. The Kier molecular flexibility index (Phi) is 4.29. The molecule has 1 atom stereocenters. The Hall–Kier alpha value is -1.19. The Morgan fingerprint density at radius 1 is 1.71 bits per heavy atom. The third-order valence-electron chi connectivity index (χ3n) is 2.15. The first kappa shape index (κ1) is 10.9. The number of aliphatic imine (C=N–C) groups is 1. The highest BCUT2D eigenvalue weighted by molar-refractivity contribution is 5.93. The van der Waals surface area contributed by atoms with Gasteiger partial charge in [-0.1, -0.05) is 0 Å². The fourth-order valence-electron chi connectivity index (χ4n) is 1.41. The van der Waals surface area contributed by atoms with E-state index >= 15 is 0 Å². The first-order chi connectivity index (χ1) is 6.74. The van der Waals surface area contributed by atoms with E-state index in [1.165, 1.54) is 0 Å². The van der Waals surface area contributed by atoms with Crippen LogP contribution in [0.5, 0.6) is 0 Å². The monoisotopic (exact) mass is 197 g/mol. The lowest BCUT2D eigenvalue weighted by Crippen LogP contribution is -2.23. The van der Waals surface area contributed by atoms with Crippen LogP contribution in [0.25, 0.3) is 0 Å². The summed E-state index contributed by atoms with van der Waals surface area (Å²) in [5.41, 5.74) is 0. The second-order valence-corrected chi connectivity index (χ2v) is 3.27. The number of ketones is 1. The van der Waals surface area contributed by atoms with E-state index in [-0.39, 0.29) is 17.7 Å². The summed E-state index contributed by atoms with van der Waals surface area (Å²) in [5, 5.41) is 0. The summed E-state index contributed by atoms with van der Waals surface area (Å²) in [4.78, 5) is 26.7. The molecule has 4 nitrogen and oxygen atoms in total. The molecule has 0 aromatic rings. The molecule has 0 aliphatic carbocycles. The van der Waals surface area contributed by atoms with Gasteiger partial charge in [-0.15, -0.1) is 0 Å². The number of ether oxygens (including phenoxy) is 1. The fraction of sp³-hybridized carbons (Fsp3) is 0.700. The average molecular weight is 197 g/mol. The molecule has 0 saturated heterocycles. The maximum absolute atomic E-state index is 11.4. The minimum atomic E-state index is -0.292. The molecule has 1 aliphatic heterocycles. The van der Waals surface area contributed by atoms with Crippen molar-refractivity contribution in [2.24, 2.45) is 10.9 Å². The van der Waals surface area contributed by atoms with Crippen molar-refractivity contribution in [1.29, 1.82) is 0 Å². The number of esters is 1. The zero-order chi connectivity index (χ0) is 10.4. The Balaban J connectivity index is 2.54. The maximum atomic E-state index is 11.4. The molecule has 1 aliphatic rings. The number of Topliss-reactive ketones (excluding diaryl/α,β-unsaturated/α-hetero) is 1. The largest absolute Gasteiger partial charge is 0.466 e. The molecule has 0 bridgehead atoms. The highest BCUT2D eigenvalue weighted by Gasteiger charge is 2.23. The first-order valence-electron chi connectivity index (χ1n) is 4.90. The summed E-state index contributed by atoms with van der Waals surface area (Å²) in [7, 11) is 0. The quantitative estimate of drug-likeness (QED) is 0.620. The lowest BCUT2D eigenvalue weighted by Gasteiger charge is -2.14. The first-order valence-corrected chi connectivity index (χ1v) is 4.90. The summed E-state index contributed by atoms with van der Waals surface area (Å²) in [6.07, 6.45) is 2.88. The molecule has 0 amide bonds. The molecule has 0 spiro atoms. The van der Waals surface area contributed by atoms with Gasteiger partial charge < -0.3 is 4.74 Å². The molecule has 1 heterocycles. The number of carbonyl (C=O) groups excluding carboxylic acids is 2. The van der Waals surface area contributed by atoms with Crippen LogP contribution in [-0.4, -0.2) is 31.1 Å². The summed E-state index contributed by atoms with van der Waals surface area (Å²) >= 11 is 0. The van der Waals surface area contributed by atoms with E-state index in [0.717, 1.165) is 0 Å². The highest BCUT2D eigenvalue weighted by atomic mass is 16.5. The number of rotatable bonds is 2. The van der Waals surface area contributed by atoms with E-state index in [2.05, 4.69) is 4.99 Å². The van der Waals surface area contributed by atoms with Crippen molar-refractivity contribution in [3.63, 3.8) is 0 Å². The van der Waals surface area contributed by atoms with Crippen LogP contribution in [0.3, 0.4) is 0 Å². The summed E-state index contributed by atoms with van der Waals surface area (Å²) in [6, 6.07) is 0. The van der Waals surface area contributed by atoms with E-state index in [0.29, 0.717) is 32.4 Å². The molecule has 0 N–H and O–H groups in total. The standard InChI is InChI=1S/C10H15NO3/c1-2-14-10(13)8-3-5-11-6-4-9(12)7-8/h6,8H,2-5,7H2,1H3. The zero-order valence-corrected chi connectivity index (χ0v) is 8.36. The third kappa shape index (κ3) is 3.28. The molecule has 0 saturated carbocycles. The number of nitrogens with zero attached hydrogens (tertiary/aromatic N) is 1. The van der Waals surface area contributed by atoms with Crippen molar-refractivity contribution < 1.29 is 14.3 Å². The molecule has 1 unspecified atom stereocenters. The highest BCUT2D eigenvalue weighted by Crippen LogP contribution is 2.14. The van der Waals surface area contributed by atoms with Crippen LogP contribution < -0.4 is 0 Å². The molecule has 4 heteroatoms. The maximum Gasteiger partial charge on any atom is 0.309 e. The lowest BCUT2D eigenvalue weighted by molar-refractivity contribution is -0.149. The van der Waals surface area contributed by atoms with Crippen molar-refractivity contribution in [3.8, 4) is 0 Å². The summed E-state index contributed by atoms with van der Waals surface area (Å²) in [5.74, 6) is -0.496. The zero-order valence-electron chi connectivity index (χ0n) is 8.36. The number of carbonyl (C=O) groups is 2. The van der Waals surface area contributed by atoms with Crippen LogP contribution in [0.4, 0.5) is 0 Å². The van der Waals surface area contributed by atoms with Gasteiger partial charge in [-0.05, 0) is 13.3 Å². The molecule has 0 aromatic heterocycles. The summed E-state index contributed by atoms with van der Waals surface area (Å²) < 4.78 is 4.88. The van der Waals surface area contributed by atoms with Gasteiger partial charge in [-0.2, -0.15) is 0 Å². The van der Waals surface area contributed by atoms with Gasteiger partial charge in [0, 0.05) is 25.6 Å². The fourth-order valence-corrected chi connectivity index (χ4v) is 1.41. The van der Waals surface area contributed by atoms with Crippen molar-refractivity contribution in [2.45, 2.75) is 26.2 Å². The smallest absolute Gasteiger partial charge is 0.309 e. The molecule has 14 heavy (non-hydrogen) atoms. The van der Waals surface area contributed by atoms with Gasteiger partial charge in [0.05, 0.1) is 12.5 Å². The molecule has 1 rings (SSSR count). The van der Waals surface area contributed by atoms with Crippen LogP contribution in [0.2, 0.25) is 0 Å². The van der Waals surface area contributed by atoms with E-state index in [1.807, 2.05) is 0 Å². The van der Waals surface area contributed by atoms with Crippen LogP contribution in [-0.2, 0) is 14.3 Å². The third-order valence-corrected chi connectivity index (χ3v) is 2.15. The van der Waals surface area contributed by atoms with Crippen LogP contribution in [0.15, 0.2) is 4.99 Å². The minimum Gasteiger partial charge on any atom is -0.466 e. The van der Waals surface area contributed by atoms with Crippen LogP contribution >= 0.6 is 0 Å². The van der Waals surface area contributed by atoms with E-state index in [1.54, 1.807) is 13.1 Å². The predicted molar refractivity (Wildman–Crippen MR) is 52.3 cm³/mol. The van der Waals surface area contributed by atoms with Gasteiger partial charge in [-0.3, -0.25) is 14.6 Å². The van der Waals surface area contributed by atoms with E-state index in [9.17, 15) is 9.59 Å². The molecule has 0 fully saturated rings. The van der Waals surface area contributed by atoms with Crippen molar-refractivity contribution in [1.82, 2.24) is 0 Å². The Bertz CT molecular complexity index is 248. The average Bonchev–Trinajstić information content (AvgIpc) is 2.11. The second kappa shape index (κ2) is 5.52. The molecular weight excluding hydrogens is 182 g/mol. The van der Waals surface area contributed by atoms with E-state index < -0.39 is 0 Å². The minimum absolute atomic E-state index is 0.0616. The van der Waals surface area contributed by atoms with Gasteiger partial charge >= 0.3 is 5.97 Å². The van der Waals surface area contributed by atoms with Gasteiger partial charge in [0.25, 0.3) is 0 Å². The van der Waals surface area contributed by atoms with E-state index in [4.69, 9.17) is 4.74 Å². The van der Waals surface area contributed by atoms with Crippen LogP contribution in [0, 0.1) is 5.92 Å². The van der Waals surface area contributed by atoms with Gasteiger partial charge in [0.15, 0.2) is 0 Å². The summed E-state index contributed by atoms with van der Waals surface area (Å²) in [6.45, 7) is 2.74. The van der Waals surface area contributed by atoms with Crippen molar-refractivity contribution in [3.05, 3.63) is 0 Å². The predicted octanol–water partition coefficient (Wildman–Crippen LogP) is 0.989. The molecule has 0 aromatic carbocycles. The van der Waals surface area contributed by atoms with Crippen LogP contribution in [0.1, 0.15) is 26.2 Å². The van der Waals surface area contributed by atoms with Gasteiger partial charge in [-0.25, -0.2) is 0 Å². The number of hydrogen-bond acceptors (Lipinski definition) is 4. The number of hydrogen-bond donors (Lipinski definition) is 0. The SMILES string of the molecule is CCOC(=O)C1CCN=CCC(=O)C1. The molecule has 78 valence electrons. The molecule has 0 radical (unpaired) electrons. The van der Waals surface area contributed by atoms with Gasteiger partial charge in [0.2, 0.25) is 0 Å². The topological polar surface area (TPSA) is 55.7 Å². The normalized spacial score (nSPS) is 22.6. The Labute approximate surface area is 83.3 Å². The van der Waals surface area contributed by atoms with Gasteiger partial charge in [0.1, 0.15) is 5.78 Å². The van der Waals surface area contributed by atoms with Crippen molar-refractivity contribution in [2.75, 3.05) is 13.2 Å². The van der Waals surface area contributed by atoms with Crippen molar-refractivity contribution >= 4 is 18.0 Å².